The Morgan fingerprint density at radius 2 is 2.22 bits per heavy atom. The SMILES string of the molecule is OCCn1c(-c2ccco2)nc2cc(Cl)ccc21. The average molecular weight is 263 g/mol. The number of benzene rings is 1. The standard InChI is InChI=1S/C13H11ClN2O2/c14-9-3-4-11-10(8-9)15-13(16(11)5-6-17)12-2-1-7-18-12/h1-4,7-8,17H,5-6H2. The zero-order valence-corrected chi connectivity index (χ0v) is 10.3. The first kappa shape index (κ1) is 11.3. The van der Waals surface area contributed by atoms with Gasteiger partial charge < -0.3 is 14.1 Å². The Bertz CT molecular complexity index is 674. The number of imidazole rings is 1. The molecule has 1 aromatic carbocycles. The molecule has 0 amide bonds. The van der Waals surface area contributed by atoms with Crippen LogP contribution in [0.2, 0.25) is 5.02 Å². The molecule has 0 aliphatic rings. The lowest BCUT2D eigenvalue weighted by molar-refractivity contribution is 0.278. The van der Waals surface area contributed by atoms with Gasteiger partial charge in [0.15, 0.2) is 11.6 Å². The van der Waals surface area contributed by atoms with Crippen LogP contribution in [0.15, 0.2) is 41.0 Å². The van der Waals surface area contributed by atoms with Crippen LogP contribution in [-0.2, 0) is 6.54 Å². The fourth-order valence-electron chi connectivity index (χ4n) is 2.02. The molecule has 3 rings (SSSR count). The smallest absolute Gasteiger partial charge is 0.177 e. The summed E-state index contributed by atoms with van der Waals surface area (Å²) in [7, 11) is 0. The van der Waals surface area contributed by atoms with Crippen LogP contribution >= 0.6 is 11.6 Å². The largest absolute Gasteiger partial charge is 0.461 e. The van der Waals surface area contributed by atoms with Crippen LogP contribution in [0.5, 0.6) is 0 Å². The number of hydrogen-bond donors (Lipinski definition) is 1. The van der Waals surface area contributed by atoms with E-state index in [4.69, 9.17) is 21.1 Å². The zero-order valence-electron chi connectivity index (χ0n) is 9.51. The van der Waals surface area contributed by atoms with Gasteiger partial charge in [-0.2, -0.15) is 0 Å². The Labute approximate surface area is 108 Å². The van der Waals surface area contributed by atoms with Gasteiger partial charge in [-0.05, 0) is 30.3 Å². The summed E-state index contributed by atoms with van der Waals surface area (Å²) < 4.78 is 7.29. The van der Waals surface area contributed by atoms with Gasteiger partial charge in [0.25, 0.3) is 0 Å². The summed E-state index contributed by atoms with van der Waals surface area (Å²) in [5.41, 5.74) is 1.72. The maximum atomic E-state index is 9.17. The molecule has 3 aromatic rings. The number of rotatable bonds is 3. The van der Waals surface area contributed by atoms with Crippen molar-refractivity contribution < 1.29 is 9.52 Å². The second kappa shape index (κ2) is 4.48. The zero-order chi connectivity index (χ0) is 12.5. The summed E-state index contributed by atoms with van der Waals surface area (Å²) in [5.74, 6) is 1.38. The third-order valence-electron chi connectivity index (χ3n) is 2.78. The van der Waals surface area contributed by atoms with Crippen molar-refractivity contribution in [1.82, 2.24) is 9.55 Å². The summed E-state index contributed by atoms with van der Waals surface area (Å²) >= 11 is 5.96. The minimum Gasteiger partial charge on any atom is -0.461 e. The van der Waals surface area contributed by atoms with E-state index in [0.717, 1.165) is 11.0 Å². The Morgan fingerprint density at radius 3 is 2.94 bits per heavy atom. The summed E-state index contributed by atoms with van der Waals surface area (Å²) in [5, 5.41) is 9.81. The third-order valence-corrected chi connectivity index (χ3v) is 3.01. The molecule has 0 spiro atoms. The van der Waals surface area contributed by atoms with Crippen LogP contribution < -0.4 is 0 Å². The number of halogens is 1. The van der Waals surface area contributed by atoms with E-state index < -0.39 is 0 Å². The quantitative estimate of drug-likeness (QED) is 0.790. The van der Waals surface area contributed by atoms with E-state index in [1.54, 1.807) is 12.3 Å². The maximum Gasteiger partial charge on any atom is 0.177 e. The first-order valence-electron chi connectivity index (χ1n) is 5.60. The van der Waals surface area contributed by atoms with Gasteiger partial charge in [-0.1, -0.05) is 11.6 Å². The molecule has 0 unspecified atom stereocenters. The molecule has 2 aromatic heterocycles. The van der Waals surface area contributed by atoms with Crippen LogP contribution in [0.25, 0.3) is 22.6 Å². The lowest BCUT2D eigenvalue weighted by Crippen LogP contribution is -2.03. The van der Waals surface area contributed by atoms with Crippen molar-refractivity contribution in [2.45, 2.75) is 6.54 Å². The summed E-state index contributed by atoms with van der Waals surface area (Å²) in [6.45, 7) is 0.510. The monoisotopic (exact) mass is 262 g/mol. The van der Waals surface area contributed by atoms with Crippen LogP contribution in [0, 0.1) is 0 Å². The lowest BCUT2D eigenvalue weighted by atomic mass is 10.3. The first-order chi connectivity index (χ1) is 8.79. The number of fused-ring (bicyclic) bond motifs is 1. The van der Waals surface area contributed by atoms with Gasteiger partial charge in [-0.3, -0.25) is 0 Å². The number of furan rings is 1. The Kier molecular flexibility index (Phi) is 2.81. The van der Waals surface area contributed by atoms with Crippen molar-refractivity contribution in [3.05, 3.63) is 41.6 Å². The fourth-order valence-corrected chi connectivity index (χ4v) is 2.19. The molecule has 0 aliphatic carbocycles. The van der Waals surface area contributed by atoms with E-state index in [2.05, 4.69) is 4.98 Å². The number of aromatic nitrogens is 2. The van der Waals surface area contributed by atoms with Gasteiger partial charge in [0.2, 0.25) is 0 Å². The summed E-state index contributed by atoms with van der Waals surface area (Å²) in [6, 6.07) is 9.16. The molecule has 1 N–H and O–H groups in total. The minimum atomic E-state index is 0.0434. The van der Waals surface area contributed by atoms with Gasteiger partial charge in [0.05, 0.1) is 23.9 Å². The second-order valence-electron chi connectivity index (χ2n) is 3.92. The number of nitrogens with zero attached hydrogens (tertiary/aromatic N) is 2. The van der Waals surface area contributed by atoms with Gasteiger partial charge in [0.1, 0.15) is 0 Å². The van der Waals surface area contributed by atoms with E-state index in [1.165, 1.54) is 0 Å². The topological polar surface area (TPSA) is 51.2 Å². The van der Waals surface area contributed by atoms with Gasteiger partial charge in [0, 0.05) is 11.6 Å². The van der Waals surface area contributed by atoms with Crippen molar-refractivity contribution in [2.24, 2.45) is 0 Å². The molecule has 18 heavy (non-hydrogen) atoms. The number of aliphatic hydroxyl groups excluding tert-OH is 1. The van der Waals surface area contributed by atoms with Gasteiger partial charge >= 0.3 is 0 Å². The van der Waals surface area contributed by atoms with Crippen molar-refractivity contribution in [2.75, 3.05) is 6.61 Å². The summed E-state index contributed by atoms with van der Waals surface area (Å²) in [6.07, 6.45) is 1.60. The van der Waals surface area contributed by atoms with Gasteiger partial charge in [-0.25, -0.2) is 4.98 Å². The molecule has 2 heterocycles. The highest BCUT2D eigenvalue weighted by atomic mass is 35.5. The van der Waals surface area contributed by atoms with E-state index in [1.807, 2.05) is 28.8 Å². The highest BCUT2D eigenvalue weighted by Gasteiger charge is 2.14. The second-order valence-corrected chi connectivity index (χ2v) is 4.36. The molecule has 5 heteroatoms. The molecular weight excluding hydrogens is 252 g/mol. The van der Waals surface area contributed by atoms with E-state index >= 15 is 0 Å². The van der Waals surface area contributed by atoms with Crippen molar-refractivity contribution in [3.63, 3.8) is 0 Å². The molecule has 0 aliphatic heterocycles. The lowest BCUT2D eigenvalue weighted by Gasteiger charge is -2.04. The predicted molar refractivity (Wildman–Crippen MR) is 69.5 cm³/mol. The normalized spacial score (nSPS) is 11.2. The Hall–Kier alpha value is -1.78. The Balaban J connectivity index is 2.26. The predicted octanol–water partition coefficient (Wildman–Crippen LogP) is 2.94. The summed E-state index contributed by atoms with van der Waals surface area (Å²) in [4.78, 5) is 4.51. The molecule has 0 radical (unpaired) electrons. The number of aliphatic hydroxyl groups is 1. The molecule has 4 nitrogen and oxygen atoms in total. The van der Waals surface area contributed by atoms with Gasteiger partial charge in [-0.15, -0.1) is 0 Å². The highest BCUT2D eigenvalue weighted by Crippen LogP contribution is 2.26. The van der Waals surface area contributed by atoms with Crippen LogP contribution in [0.1, 0.15) is 0 Å². The Morgan fingerprint density at radius 1 is 1.33 bits per heavy atom. The maximum absolute atomic E-state index is 9.17. The van der Waals surface area contributed by atoms with Crippen molar-refractivity contribution >= 4 is 22.6 Å². The molecule has 0 bridgehead atoms. The third kappa shape index (κ3) is 1.79. The minimum absolute atomic E-state index is 0.0434. The molecular formula is C13H11ClN2O2. The van der Waals surface area contributed by atoms with E-state index in [0.29, 0.717) is 23.2 Å². The molecule has 0 saturated heterocycles. The number of hydrogen-bond acceptors (Lipinski definition) is 3. The molecule has 0 atom stereocenters. The average Bonchev–Trinajstić information content (AvgIpc) is 2.97. The van der Waals surface area contributed by atoms with Crippen molar-refractivity contribution in [1.29, 1.82) is 0 Å². The van der Waals surface area contributed by atoms with Crippen molar-refractivity contribution in [3.8, 4) is 11.6 Å². The molecule has 0 fully saturated rings. The van der Waals surface area contributed by atoms with Crippen LogP contribution in [0.3, 0.4) is 0 Å². The first-order valence-corrected chi connectivity index (χ1v) is 5.98. The fraction of sp³-hybridized carbons (Fsp3) is 0.154. The molecule has 0 saturated carbocycles. The van der Waals surface area contributed by atoms with Crippen LogP contribution in [-0.4, -0.2) is 21.3 Å². The van der Waals surface area contributed by atoms with E-state index in [9.17, 15) is 0 Å². The highest BCUT2D eigenvalue weighted by molar-refractivity contribution is 6.31. The van der Waals surface area contributed by atoms with E-state index in [-0.39, 0.29) is 6.61 Å². The van der Waals surface area contributed by atoms with Crippen LogP contribution in [0.4, 0.5) is 0 Å². The molecule has 92 valence electrons.